The molecule has 0 aromatic rings. The molecule has 0 aliphatic heterocycles. The van der Waals surface area contributed by atoms with Gasteiger partial charge in [0.15, 0.2) is 0 Å². The maximum absolute atomic E-state index is 4.54. The summed E-state index contributed by atoms with van der Waals surface area (Å²) >= 11 is 4.37. The Balaban J connectivity index is 3.33. The fourth-order valence-corrected chi connectivity index (χ4v) is 0.242. The van der Waals surface area contributed by atoms with E-state index in [1.54, 1.807) is 0 Å². The van der Waals surface area contributed by atoms with Crippen LogP contribution < -0.4 is 5.84 Å². The number of nitrogens with two attached hydrogens (primary N) is 1. The molecule has 0 radical (unpaired) electrons. The van der Waals surface area contributed by atoms with Crippen molar-refractivity contribution in [3.8, 4) is 0 Å². The van der Waals surface area contributed by atoms with Crippen LogP contribution in [-0.2, 0) is 11.8 Å². The summed E-state index contributed by atoms with van der Waals surface area (Å²) in [7, 11) is 0.0325. The standard InChI is InChI=1S/H3N4PS/c1-2-3-4-5-6/h5H,(H2,1,3). The summed E-state index contributed by atoms with van der Waals surface area (Å²) in [6, 6.07) is 0. The first-order chi connectivity index (χ1) is 2.91. The smallest absolute Gasteiger partial charge is 0.0501 e. The van der Waals surface area contributed by atoms with Crippen molar-refractivity contribution in [1.29, 1.82) is 0 Å². The summed E-state index contributed by atoms with van der Waals surface area (Å²) in [5.41, 5.74) is 0. The summed E-state index contributed by atoms with van der Waals surface area (Å²) in [6.07, 6.45) is 0. The van der Waals surface area contributed by atoms with Gasteiger partial charge in [0.25, 0.3) is 0 Å². The Kier molecular flexibility index (Phi) is 4.50. The number of hydrogen-bond acceptors (Lipinski definition) is 2. The lowest BCUT2D eigenvalue weighted by Gasteiger charge is -1.59. The molecule has 0 aliphatic rings. The van der Waals surface area contributed by atoms with Crippen molar-refractivity contribution in [2.45, 2.75) is 0 Å². The van der Waals surface area contributed by atoms with Crippen LogP contribution in [0.5, 0.6) is 0 Å². The molecule has 34 valence electrons. The molecule has 6 heavy (non-hydrogen) atoms. The molecular formula is H3N4PS. The van der Waals surface area contributed by atoms with E-state index < -0.39 is 0 Å². The summed E-state index contributed by atoms with van der Waals surface area (Å²) in [6.45, 7) is 0. The Morgan fingerprint density at radius 3 is 2.50 bits per heavy atom. The van der Waals surface area contributed by atoms with E-state index in [9.17, 15) is 0 Å². The predicted molar refractivity (Wildman–Crippen MR) is 27.2 cm³/mol. The van der Waals surface area contributed by atoms with Crippen LogP contribution in [0.15, 0.2) is 15.3 Å². The average molecular weight is 122 g/mol. The van der Waals surface area contributed by atoms with Crippen LogP contribution in [-0.4, -0.2) is 0 Å². The first-order valence-corrected chi connectivity index (χ1v) is 3.17. The van der Waals surface area contributed by atoms with E-state index in [0.29, 0.717) is 0 Å². The summed E-state index contributed by atoms with van der Waals surface area (Å²) < 4.78 is 0. The van der Waals surface area contributed by atoms with Gasteiger partial charge < -0.3 is 5.84 Å². The molecule has 0 aromatic heterocycles. The second kappa shape index (κ2) is 4.72. The molecule has 0 aromatic carbocycles. The molecule has 0 amide bonds. The molecule has 0 spiro atoms. The first-order valence-electron chi connectivity index (χ1n) is 1.09. The van der Waals surface area contributed by atoms with Gasteiger partial charge >= 0.3 is 0 Å². The third-order valence-corrected chi connectivity index (χ3v) is 0.553. The van der Waals surface area contributed by atoms with Crippen molar-refractivity contribution in [3.05, 3.63) is 0 Å². The van der Waals surface area contributed by atoms with E-state index in [-0.39, 0.29) is 7.15 Å². The van der Waals surface area contributed by atoms with E-state index >= 15 is 0 Å². The van der Waals surface area contributed by atoms with E-state index in [1.807, 2.05) is 0 Å². The Morgan fingerprint density at radius 2 is 2.33 bits per heavy atom. The molecule has 0 bridgehead atoms. The van der Waals surface area contributed by atoms with Gasteiger partial charge in [-0.05, 0) is 17.0 Å². The zero-order chi connectivity index (χ0) is 4.83. The van der Waals surface area contributed by atoms with Gasteiger partial charge in [0.2, 0.25) is 0 Å². The number of rotatable bonds is 1. The average Bonchev–Trinajstić information content (AvgIpc) is 1.61. The van der Waals surface area contributed by atoms with Gasteiger partial charge in [-0.1, -0.05) is 5.22 Å². The first kappa shape index (κ1) is 5.72. The largest absolute Gasteiger partial charge is 0.303 e. The van der Waals surface area contributed by atoms with Crippen LogP contribution in [0, 0.1) is 0 Å². The van der Waals surface area contributed by atoms with E-state index in [1.165, 1.54) is 0 Å². The maximum Gasteiger partial charge on any atom is 0.0501 e. The molecule has 0 saturated heterocycles. The summed E-state index contributed by atoms with van der Waals surface area (Å²) in [5, 5.41) is 5.85. The lowest BCUT2D eigenvalue weighted by Crippen LogP contribution is -1.69. The Hall–Kier alpha value is -0.280. The highest BCUT2D eigenvalue weighted by molar-refractivity contribution is 7.92. The van der Waals surface area contributed by atoms with Gasteiger partial charge in [0, 0.05) is 0 Å². The van der Waals surface area contributed by atoms with Crippen molar-refractivity contribution >= 4 is 19.0 Å². The fraction of sp³-hybridized carbons (Fsp3) is 0. The molecule has 0 saturated carbocycles. The molecule has 0 aliphatic carbocycles. The molecule has 2 N–H and O–H groups in total. The van der Waals surface area contributed by atoms with Crippen molar-refractivity contribution in [2.24, 2.45) is 21.1 Å². The lowest BCUT2D eigenvalue weighted by atomic mass is 12.6. The normalized spacial score (nSPS) is 10.0. The minimum atomic E-state index is 0.0325. The maximum atomic E-state index is 4.54. The minimum absolute atomic E-state index is 0.0325. The van der Waals surface area contributed by atoms with Gasteiger partial charge in [0.1, 0.15) is 0 Å². The molecule has 1 atom stereocenters. The lowest BCUT2D eigenvalue weighted by molar-refractivity contribution is 0.970. The number of hydrogen-bond donors (Lipinski definition) is 1. The van der Waals surface area contributed by atoms with Crippen LogP contribution in [0.25, 0.3) is 0 Å². The van der Waals surface area contributed by atoms with Crippen molar-refractivity contribution in [1.82, 2.24) is 0 Å². The summed E-state index contributed by atoms with van der Waals surface area (Å²) in [5.74, 6) is 4.54. The second-order valence-electron chi connectivity index (χ2n) is 0.396. The second-order valence-corrected chi connectivity index (χ2v) is 1.33. The molecule has 0 fully saturated rings. The molecule has 4 nitrogen and oxygen atoms in total. The Bertz CT molecular complexity index is 89.7. The topological polar surface area (TPSA) is 63.1 Å². The summed E-state index contributed by atoms with van der Waals surface area (Å²) in [4.78, 5) is 3.27. The molecule has 0 rings (SSSR count). The molecular weight excluding hydrogens is 119 g/mol. The quantitative estimate of drug-likeness (QED) is 0.239. The van der Waals surface area contributed by atoms with Gasteiger partial charge in [-0.3, -0.25) is 0 Å². The van der Waals surface area contributed by atoms with Crippen LogP contribution in [0.1, 0.15) is 0 Å². The zero-order valence-electron chi connectivity index (χ0n) is 2.83. The monoisotopic (exact) mass is 122 g/mol. The van der Waals surface area contributed by atoms with Crippen LogP contribution in [0.2, 0.25) is 0 Å². The van der Waals surface area contributed by atoms with Gasteiger partial charge in [-0.2, -0.15) is 0 Å². The van der Waals surface area contributed by atoms with Gasteiger partial charge in [-0.25, -0.2) is 0 Å². The minimum Gasteiger partial charge on any atom is -0.303 e. The van der Waals surface area contributed by atoms with Crippen LogP contribution in [0.4, 0.5) is 0 Å². The van der Waals surface area contributed by atoms with Gasteiger partial charge in [-0.15, -0.1) is 4.85 Å². The molecule has 6 heteroatoms. The Labute approximate surface area is 41.0 Å². The third-order valence-electron chi connectivity index (χ3n) is 0.137. The molecule has 1 unspecified atom stereocenters. The zero-order valence-corrected chi connectivity index (χ0v) is 4.64. The van der Waals surface area contributed by atoms with E-state index in [0.717, 1.165) is 0 Å². The van der Waals surface area contributed by atoms with Crippen molar-refractivity contribution in [2.75, 3.05) is 0 Å². The van der Waals surface area contributed by atoms with Crippen molar-refractivity contribution < 1.29 is 0 Å². The van der Waals surface area contributed by atoms with Crippen molar-refractivity contribution in [3.63, 3.8) is 0 Å². The van der Waals surface area contributed by atoms with Crippen LogP contribution in [0.3, 0.4) is 0 Å². The van der Waals surface area contributed by atoms with Crippen LogP contribution >= 0.6 is 7.15 Å². The fourth-order valence-electron chi connectivity index (χ4n) is 0.0441. The highest BCUT2D eigenvalue weighted by Gasteiger charge is 1.45. The van der Waals surface area contributed by atoms with E-state index in [2.05, 4.69) is 33.0 Å². The van der Waals surface area contributed by atoms with E-state index in [4.69, 9.17) is 0 Å². The third kappa shape index (κ3) is 3.72. The number of nitrogens with zero attached hydrogens (tertiary/aromatic N) is 3. The predicted octanol–water partition coefficient (Wildman–Crippen LogP) is 0.551. The highest BCUT2D eigenvalue weighted by Crippen LogP contribution is 1.79. The highest BCUT2D eigenvalue weighted by atomic mass is 32.4. The van der Waals surface area contributed by atoms with Gasteiger partial charge in [0.05, 0.1) is 7.15 Å². The SMILES string of the molecule is N/N=N/N=[PH]=S. The Morgan fingerprint density at radius 1 is 1.67 bits per heavy atom. The molecule has 0 heterocycles.